The lowest BCUT2D eigenvalue weighted by Crippen LogP contribution is -2.22. The van der Waals surface area contributed by atoms with E-state index in [2.05, 4.69) is 40.4 Å². The van der Waals surface area contributed by atoms with Crippen molar-refractivity contribution < 1.29 is 9.18 Å². The van der Waals surface area contributed by atoms with Crippen LogP contribution >= 0.6 is 0 Å². The number of carbonyl (C=O) groups is 1. The highest BCUT2D eigenvalue weighted by atomic mass is 19.1. The number of ketones is 1. The summed E-state index contributed by atoms with van der Waals surface area (Å²) in [6.07, 6.45) is 1.18. The number of rotatable bonds is 3. The molecule has 1 unspecified atom stereocenters. The van der Waals surface area contributed by atoms with Gasteiger partial charge >= 0.3 is 0 Å². The van der Waals surface area contributed by atoms with E-state index in [1.807, 2.05) is 13.0 Å². The Kier molecular flexibility index (Phi) is 4.44. The summed E-state index contributed by atoms with van der Waals surface area (Å²) < 4.78 is 13.1. The number of aryl methyl sites for hydroxylation is 2. The van der Waals surface area contributed by atoms with E-state index in [1.165, 1.54) is 23.3 Å². The van der Waals surface area contributed by atoms with Crippen molar-refractivity contribution in [2.75, 3.05) is 5.32 Å². The summed E-state index contributed by atoms with van der Waals surface area (Å²) >= 11 is 0. The Morgan fingerprint density at radius 2 is 1.81 bits per heavy atom. The zero-order valence-corrected chi connectivity index (χ0v) is 15.3. The van der Waals surface area contributed by atoms with Gasteiger partial charge in [0.25, 0.3) is 0 Å². The Bertz CT molecular complexity index is 1010. The van der Waals surface area contributed by atoms with Gasteiger partial charge in [0.05, 0.1) is 17.0 Å². The van der Waals surface area contributed by atoms with Gasteiger partial charge in [-0.3, -0.25) is 4.79 Å². The Labute approximate surface area is 157 Å². The van der Waals surface area contributed by atoms with Crippen LogP contribution in [0.15, 0.2) is 48.5 Å². The first-order valence-corrected chi connectivity index (χ1v) is 8.99. The number of anilines is 2. The third kappa shape index (κ3) is 3.58. The van der Waals surface area contributed by atoms with E-state index in [1.54, 1.807) is 12.1 Å². The summed E-state index contributed by atoms with van der Waals surface area (Å²) in [5, 5.41) is 3.10. The predicted molar refractivity (Wildman–Crippen MR) is 103 cm³/mol. The molecular weight excluding hydrogens is 341 g/mol. The van der Waals surface area contributed by atoms with Gasteiger partial charge in [-0.2, -0.15) is 0 Å². The Morgan fingerprint density at radius 1 is 1.04 bits per heavy atom. The standard InChI is InChI=1S/C22H20FN3O/c1-13-4-3-5-15(10-13)16-11-19-21(20(27)12-16)14(2)24-22(26-19)25-18-8-6-17(23)7-9-18/h3-10,16H,11-12H2,1-2H3,(H,24,25,26). The number of hydrogen-bond acceptors (Lipinski definition) is 4. The third-order valence-electron chi connectivity index (χ3n) is 4.93. The average Bonchev–Trinajstić information content (AvgIpc) is 2.63. The van der Waals surface area contributed by atoms with Crippen LogP contribution in [0, 0.1) is 19.7 Å². The minimum absolute atomic E-state index is 0.0913. The SMILES string of the molecule is Cc1cccc(C2CC(=O)c3c(C)nc(Nc4ccc(F)cc4)nc3C2)c1. The van der Waals surface area contributed by atoms with E-state index >= 15 is 0 Å². The quantitative estimate of drug-likeness (QED) is 0.722. The minimum Gasteiger partial charge on any atom is -0.324 e. The number of hydrogen-bond donors (Lipinski definition) is 1. The molecule has 1 atom stereocenters. The molecule has 0 spiro atoms. The number of halogens is 1. The van der Waals surface area contributed by atoms with Crippen LogP contribution in [-0.2, 0) is 6.42 Å². The molecule has 0 radical (unpaired) electrons. The molecule has 5 heteroatoms. The van der Waals surface area contributed by atoms with Crippen LogP contribution in [0.2, 0.25) is 0 Å². The molecule has 0 saturated heterocycles. The van der Waals surface area contributed by atoms with Crippen LogP contribution in [-0.4, -0.2) is 15.8 Å². The summed E-state index contributed by atoms with van der Waals surface area (Å²) in [5.74, 6) is 0.344. The Hall–Kier alpha value is -3.08. The molecule has 1 N–H and O–H groups in total. The number of nitrogens with zero attached hydrogens (tertiary/aromatic N) is 2. The molecule has 0 saturated carbocycles. The van der Waals surface area contributed by atoms with Gasteiger partial charge in [-0.05, 0) is 56.0 Å². The van der Waals surface area contributed by atoms with E-state index in [4.69, 9.17) is 0 Å². The number of aromatic nitrogens is 2. The molecule has 0 amide bonds. The molecule has 1 aliphatic carbocycles. The highest BCUT2D eigenvalue weighted by Gasteiger charge is 2.30. The molecule has 3 aromatic rings. The van der Waals surface area contributed by atoms with Crippen LogP contribution in [0.3, 0.4) is 0 Å². The Balaban J connectivity index is 1.66. The second-order valence-electron chi connectivity index (χ2n) is 7.03. The number of nitrogens with one attached hydrogen (secondary N) is 1. The van der Waals surface area contributed by atoms with Crippen molar-refractivity contribution in [3.63, 3.8) is 0 Å². The van der Waals surface area contributed by atoms with Crippen molar-refractivity contribution in [2.45, 2.75) is 32.6 Å². The maximum atomic E-state index is 13.1. The monoisotopic (exact) mass is 361 g/mol. The highest BCUT2D eigenvalue weighted by Crippen LogP contribution is 2.34. The fraction of sp³-hybridized carbons (Fsp3) is 0.227. The molecule has 1 heterocycles. The van der Waals surface area contributed by atoms with Gasteiger partial charge in [-0.15, -0.1) is 0 Å². The molecule has 2 aromatic carbocycles. The van der Waals surface area contributed by atoms with Gasteiger partial charge in [0.15, 0.2) is 5.78 Å². The van der Waals surface area contributed by atoms with Gasteiger partial charge < -0.3 is 5.32 Å². The summed E-state index contributed by atoms with van der Waals surface area (Å²) in [5.41, 5.74) is 5.14. The van der Waals surface area contributed by atoms with Gasteiger partial charge in [-0.1, -0.05) is 29.8 Å². The van der Waals surface area contributed by atoms with Crippen molar-refractivity contribution in [2.24, 2.45) is 0 Å². The molecule has 0 fully saturated rings. The number of benzene rings is 2. The number of fused-ring (bicyclic) bond motifs is 1. The largest absolute Gasteiger partial charge is 0.324 e. The molecule has 0 bridgehead atoms. The van der Waals surface area contributed by atoms with Gasteiger partial charge in [0.1, 0.15) is 5.82 Å². The average molecular weight is 361 g/mol. The normalized spacial score (nSPS) is 16.1. The van der Waals surface area contributed by atoms with Gasteiger partial charge in [0.2, 0.25) is 5.95 Å². The van der Waals surface area contributed by atoms with Crippen molar-refractivity contribution in [3.8, 4) is 0 Å². The van der Waals surface area contributed by atoms with Crippen LogP contribution in [0.4, 0.5) is 16.0 Å². The van der Waals surface area contributed by atoms with Gasteiger partial charge in [0, 0.05) is 12.1 Å². The van der Waals surface area contributed by atoms with Crippen LogP contribution < -0.4 is 5.32 Å². The lowest BCUT2D eigenvalue weighted by molar-refractivity contribution is 0.0962. The third-order valence-corrected chi connectivity index (χ3v) is 4.93. The molecule has 27 heavy (non-hydrogen) atoms. The lowest BCUT2D eigenvalue weighted by Gasteiger charge is -2.25. The van der Waals surface area contributed by atoms with E-state index in [0.29, 0.717) is 35.7 Å². The summed E-state index contributed by atoms with van der Waals surface area (Å²) in [4.78, 5) is 21.8. The first kappa shape index (κ1) is 17.3. The van der Waals surface area contributed by atoms with E-state index < -0.39 is 0 Å². The first-order valence-electron chi connectivity index (χ1n) is 8.99. The molecule has 4 nitrogen and oxygen atoms in total. The van der Waals surface area contributed by atoms with E-state index in [9.17, 15) is 9.18 Å². The zero-order valence-electron chi connectivity index (χ0n) is 15.3. The molecule has 136 valence electrons. The molecule has 1 aliphatic rings. The second kappa shape index (κ2) is 6.91. The maximum absolute atomic E-state index is 13.1. The first-order chi connectivity index (χ1) is 13.0. The summed E-state index contributed by atoms with van der Waals surface area (Å²) in [6, 6.07) is 14.3. The fourth-order valence-corrected chi connectivity index (χ4v) is 3.65. The minimum atomic E-state index is -0.297. The molecule has 0 aliphatic heterocycles. The van der Waals surface area contributed by atoms with E-state index in [0.717, 1.165) is 5.69 Å². The van der Waals surface area contributed by atoms with Crippen LogP contribution in [0.1, 0.15) is 45.2 Å². The predicted octanol–water partition coefficient (Wildman–Crippen LogP) is 4.89. The van der Waals surface area contributed by atoms with Gasteiger partial charge in [-0.25, -0.2) is 14.4 Å². The van der Waals surface area contributed by atoms with Crippen molar-refractivity contribution in [3.05, 3.63) is 82.4 Å². The number of Topliss-reactive ketones (excluding diaryl/α,β-unsaturated/α-hetero) is 1. The van der Waals surface area contributed by atoms with Crippen LogP contribution in [0.25, 0.3) is 0 Å². The topological polar surface area (TPSA) is 54.9 Å². The van der Waals surface area contributed by atoms with Crippen molar-refractivity contribution in [1.29, 1.82) is 0 Å². The van der Waals surface area contributed by atoms with Crippen molar-refractivity contribution >= 4 is 17.4 Å². The second-order valence-corrected chi connectivity index (χ2v) is 7.03. The smallest absolute Gasteiger partial charge is 0.227 e. The Morgan fingerprint density at radius 3 is 2.56 bits per heavy atom. The molecule has 1 aromatic heterocycles. The molecule has 4 rings (SSSR count). The number of carbonyl (C=O) groups excluding carboxylic acids is 1. The summed E-state index contributed by atoms with van der Waals surface area (Å²) in [7, 11) is 0. The fourth-order valence-electron chi connectivity index (χ4n) is 3.65. The maximum Gasteiger partial charge on any atom is 0.227 e. The lowest BCUT2D eigenvalue weighted by atomic mass is 9.81. The molecular formula is C22H20FN3O. The highest BCUT2D eigenvalue weighted by molar-refractivity contribution is 5.99. The summed E-state index contributed by atoms with van der Waals surface area (Å²) in [6.45, 7) is 3.89. The van der Waals surface area contributed by atoms with Crippen molar-refractivity contribution in [1.82, 2.24) is 9.97 Å². The zero-order chi connectivity index (χ0) is 19.0. The van der Waals surface area contributed by atoms with E-state index in [-0.39, 0.29) is 17.5 Å². The van der Waals surface area contributed by atoms with Crippen LogP contribution in [0.5, 0.6) is 0 Å².